The van der Waals surface area contributed by atoms with Crippen LogP contribution in [0.1, 0.15) is 43.4 Å². The fraction of sp³-hybridized carbons (Fsp3) is 0.444. The summed E-state index contributed by atoms with van der Waals surface area (Å²) in [6, 6.07) is 12.0. The number of carboxylic acid groups (broad SMARTS) is 1. The summed E-state index contributed by atoms with van der Waals surface area (Å²) >= 11 is 0. The molecule has 0 unspecified atom stereocenters. The third kappa shape index (κ3) is 6.08. The lowest BCUT2D eigenvalue weighted by molar-refractivity contribution is -0.143. The number of carboxylic acids is 1. The van der Waals surface area contributed by atoms with E-state index in [0.717, 1.165) is 59.9 Å². The maximum atomic E-state index is 11.3. The van der Waals surface area contributed by atoms with Gasteiger partial charge in [0.1, 0.15) is 30.5 Å². The Balaban J connectivity index is 1.35. The van der Waals surface area contributed by atoms with Crippen molar-refractivity contribution in [3.63, 3.8) is 0 Å². The van der Waals surface area contributed by atoms with Gasteiger partial charge in [-0.1, -0.05) is 6.07 Å². The van der Waals surface area contributed by atoms with Crippen LogP contribution >= 0.6 is 0 Å². The zero-order chi connectivity index (χ0) is 23.4. The van der Waals surface area contributed by atoms with Gasteiger partial charge in [-0.15, -0.1) is 0 Å². The Hall–Kier alpha value is -2.99. The molecule has 0 aliphatic carbocycles. The average molecular weight is 452 g/mol. The number of aliphatic carboxylic acids is 1. The van der Waals surface area contributed by atoms with Crippen molar-refractivity contribution in [1.29, 1.82) is 0 Å². The summed E-state index contributed by atoms with van der Waals surface area (Å²) in [4.78, 5) is 13.5. The molecule has 0 amide bonds. The molecule has 2 aliphatic rings. The molecule has 1 atom stereocenters. The van der Waals surface area contributed by atoms with Crippen LogP contribution < -0.4 is 14.2 Å². The number of nitrogens with zero attached hydrogens (tertiary/aromatic N) is 1. The van der Waals surface area contributed by atoms with Gasteiger partial charge in [0.25, 0.3) is 0 Å². The molecule has 176 valence electrons. The van der Waals surface area contributed by atoms with E-state index in [4.69, 9.17) is 14.2 Å². The van der Waals surface area contributed by atoms with Crippen molar-refractivity contribution >= 4 is 12.0 Å². The van der Waals surface area contributed by atoms with Crippen LogP contribution in [-0.4, -0.2) is 48.3 Å². The van der Waals surface area contributed by atoms with Crippen molar-refractivity contribution in [3.05, 3.63) is 58.7 Å². The summed E-state index contributed by atoms with van der Waals surface area (Å²) in [6.07, 6.45) is 4.00. The number of ether oxygens (including phenoxy) is 3. The Kier molecular flexibility index (Phi) is 7.23. The van der Waals surface area contributed by atoms with E-state index in [0.29, 0.717) is 19.8 Å². The zero-order valence-corrected chi connectivity index (χ0v) is 19.7. The van der Waals surface area contributed by atoms with Crippen molar-refractivity contribution in [1.82, 2.24) is 4.90 Å². The van der Waals surface area contributed by atoms with Gasteiger partial charge in [0.05, 0.1) is 12.0 Å². The molecule has 4 rings (SSSR count). The topological polar surface area (TPSA) is 68.2 Å². The smallest absolute Gasteiger partial charge is 0.307 e. The summed E-state index contributed by atoms with van der Waals surface area (Å²) in [5.74, 6) is 1.53. The van der Waals surface area contributed by atoms with Crippen LogP contribution in [0.25, 0.3) is 6.08 Å². The molecule has 33 heavy (non-hydrogen) atoms. The van der Waals surface area contributed by atoms with Gasteiger partial charge in [-0.05, 0) is 87.2 Å². The fourth-order valence-electron chi connectivity index (χ4n) is 4.41. The van der Waals surface area contributed by atoms with Gasteiger partial charge in [0.2, 0.25) is 0 Å². The summed E-state index contributed by atoms with van der Waals surface area (Å²) in [6.45, 7) is 9.37. The summed E-state index contributed by atoms with van der Waals surface area (Å²) in [5, 5.41) is 9.31. The predicted octanol–water partition coefficient (Wildman–Crippen LogP) is 4.93. The highest BCUT2D eigenvalue weighted by molar-refractivity contribution is 5.70. The zero-order valence-electron chi connectivity index (χ0n) is 19.7. The van der Waals surface area contributed by atoms with E-state index < -0.39 is 5.97 Å². The number of aryl methyl sites for hydroxylation is 1. The lowest BCUT2D eigenvalue weighted by atomic mass is 9.97. The van der Waals surface area contributed by atoms with Crippen molar-refractivity contribution in [3.8, 4) is 17.2 Å². The van der Waals surface area contributed by atoms with Gasteiger partial charge < -0.3 is 19.3 Å². The Morgan fingerprint density at radius 3 is 2.85 bits per heavy atom. The molecule has 0 spiro atoms. The minimum atomic E-state index is -0.693. The average Bonchev–Trinajstić information content (AvgIpc) is 2.79. The van der Waals surface area contributed by atoms with E-state index in [1.165, 1.54) is 5.57 Å². The first-order chi connectivity index (χ1) is 15.9. The number of likely N-dealkylation sites (tertiary alicyclic amines) is 1. The third-order valence-corrected chi connectivity index (χ3v) is 6.05. The standard InChI is InChI=1S/C27H33NO5/c1-18(2)33-25-9-6-20(11-19(25)3)16-31-24-8-7-22-12-21(17-32-26(22)13-24)14-28-10-4-5-23(15-28)27(29)30/h6-9,11-13,18,23H,4-5,10,14-17H2,1-3H3,(H,29,30)/t23-/m0/s1. The minimum Gasteiger partial charge on any atom is -0.491 e. The molecule has 1 saturated heterocycles. The fourth-order valence-corrected chi connectivity index (χ4v) is 4.41. The molecule has 1 N–H and O–H groups in total. The van der Waals surface area contributed by atoms with Crippen LogP contribution in [0.2, 0.25) is 0 Å². The van der Waals surface area contributed by atoms with Crippen molar-refractivity contribution < 1.29 is 24.1 Å². The number of piperidine rings is 1. The Bertz CT molecular complexity index is 1030. The highest BCUT2D eigenvalue weighted by Crippen LogP contribution is 2.31. The van der Waals surface area contributed by atoms with Crippen LogP contribution in [0.5, 0.6) is 17.2 Å². The summed E-state index contributed by atoms with van der Waals surface area (Å²) in [5.41, 5.74) is 4.38. The molecule has 2 aromatic rings. The second-order valence-corrected chi connectivity index (χ2v) is 9.26. The van der Waals surface area contributed by atoms with E-state index >= 15 is 0 Å². The predicted molar refractivity (Wildman–Crippen MR) is 128 cm³/mol. The van der Waals surface area contributed by atoms with Gasteiger partial charge in [0.15, 0.2) is 0 Å². The van der Waals surface area contributed by atoms with Gasteiger partial charge in [-0.25, -0.2) is 0 Å². The first kappa shape index (κ1) is 23.2. The maximum Gasteiger partial charge on any atom is 0.307 e. The molecule has 0 saturated carbocycles. The highest BCUT2D eigenvalue weighted by atomic mass is 16.5. The first-order valence-electron chi connectivity index (χ1n) is 11.7. The summed E-state index contributed by atoms with van der Waals surface area (Å²) < 4.78 is 17.8. The lowest BCUT2D eigenvalue weighted by Crippen LogP contribution is -2.40. The molecule has 0 aromatic heterocycles. The molecule has 0 radical (unpaired) electrons. The Labute approximate surface area is 195 Å². The molecule has 1 fully saturated rings. The second-order valence-electron chi connectivity index (χ2n) is 9.26. The quantitative estimate of drug-likeness (QED) is 0.614. The van der Waals surface area contributed by atoms with Crippen LogP contribution in [0.3, 0.4) is 0 Å². The number of hydrogen-bond donors (Lipinski definition) is 1. The van der Waals surface area contributed by atoms with Crippen LogP contribution in [-0.2, 0) is 11.4 Å². The van der Waals surface area contributed by atoms with Crippen LogP contribution in [0.15, 0.2) is 42.0 Å². The third-order valence-electron chi connectivity index (χ3n) is 6.05. The molecule has 2 heterocycles. The molecule has 2 aromatic carbocycles. The first-order valence-corrected chi connectivity index (χ1v) is 11.7. The Morgan fingerprint density at radius 2 is 2.09 bits per heavy atom. The van der Waals surface area contributed by atoms with Crippen LogP contribution in [0, 0.1) is 12.8 Å². The monoisotopic (exact) mass is 451 g/mol. The van der Waals surface area contributed by atoms with E-state index in [-0.39, 0.29) is 12.0 Å². The van der Waals surface area contributed by atoms with Gasteiger partial charge in [-0.3, -0.25) is 9.69 Å². The van der Waals surface area contributed by atoms with Gasteiger partial charge >= 0.3 is 5.97 Å². The van der Waals surface area contributed by atoms with Crippen LogP contribution in [0.4, 0.5) is 0 Å². The highest BCUT2D eigenvalue weighted by Gasteiger charge is 2.26. The SMILES string of the molecule is Cc1cc(COc2ccc3c(c2)OCC(CN2CCC[C@H](C(=O)O)C2)=C3)ccc1OC(C)C. The Morgan fingerprint density at radius 1 is 1.24 bits per heavy atom. The van der Waals surface area contributed by atoms with Crippen molar-refractivity contribution in [2.24, 2.45) is 5.92 Å². The number of rotatable bonds is 8. The summed E-state index contributed by atoms with van der Waals surface area (Å²) in [7, 11) is 0. The van der Waals surface area contributed by atoms with Gasteiger partial charge in [-0.2, -0.15) is 0 Å². The molecule has 6 nitrogen and oxygen atoms in total. The number of fused-ring (bicyclic) bond motifs is 1. The molecule has 6 heteroatoms. The van der Waals surface area contributed by atoms with E-state index in [1.807, 2.05) is 51.1 Å². The number of benzene rings is 2. The molecular formula is C27H33NO5. The maximum absolute atomic E-state index is 11.3. The number of carbonyl (C=O) groups is 1. The van der Waals surface area contributed by atoms with E-state index in [9.17, 15) is 9.90 Å². The molecule has 2 aliphatic heterocycles. The van der Waals surface area contributed by atoms with E-state index in [1.54, 1.807) is 0 Å². The lowest BCUT2D eigenvalue weighted by Gasteiger charge is -2.32. The van der Waals surface area contributed by atoms with E-state index in [2.05, 4.69) is 17.0 Å². The van der Waals surface area contributed by atoms with Gasteiger partial charge in [0, 0.05) is 24.7 Å². The largest absolute Gasteiger partial charge is 0.491 e. The van der Waals surface area contributed by atoms with Crippen molar-refractivity contribution in [2.45, 2.75) is 46.3 Å². The molecule has 0 bridgehead atoms. The number of hydrogen-bond acceptors (Lipinski definition) is 5. The minimum absolute atomic E-state index is 0.150. The second kappa shape index (κ2) is 10.3. The normalized spacial score (nSPS) is 18.3. The molecular weight excluding hydrogens is 418 g/mol. The van der Waals surface area contributed by atoms with Crippen molar-refractivity contribution in [2.75, 3.05) is 26.2 Å².